The molecule has 28 heavy (non-hydrogen) atoms. The Morgan fingerprint density at radius 2 is 1.89 bits per heavy atom. The topological polar surface area (TPSA) is 90.0 Å². The average molecular weight is 376 g/mol. The summed E-state index contributed by atoms with van der Waals surface area (Å²) in [5, 5.41) is 19.6. The van der Waals surface area contributed by atoms with E-state index in [4.69, 9.17) is 0 Å². The summed E-state index contributed by atoms with van der Waals surface area (Å²) in [6.45, 7) is 3.46. The highest BCUT2D eigenvalue weighted by atomic mass is 16.6. The van der Waals surface area contributed by atoms with Crippen molar-refractivity contribution in [1.82, 2.24) is 24.9 Å². The first-order chi connectivity index (χ1) is 13.7. The summed E-state index contributed by atoms with van der Waals surface area (Å²) in [4.78, 5) is 16.7. The molecule has 3 saturated heterocycles. The van der Waals surface area contributed by atoms with Gasteiger partial charge in [0.25, 0.3) is 0 Å². The molecule has 1 unspecified atom stereocenters. The maximum atomic E-state index is 10.8. The van der Waals surface area contributed by atoms with Gasteiger partial charge in [0.05, 0.1) is 12.2 Å². The molecule has 0 spiro atoms. The van der Waals surface area contributed by atoms with Crippen LogP contribution < -0.4 is 0 Å². The molecule has 6 rings (SSSR count). The summed E-state index contributed by atoms with van der Waals surface area (Å²) in [6.07, 6.45) is 6.05. The lowest BCUT2D eigenvalue weighted by Gasteiger charge is -2.44. The van der Waals surface area contributed by atoms with Crippen LogP contribution in [0.1, 0.15) is 18.9 Å². The smallest absolute Gasteiger partial charge is 0.358 e. The Bertz CT molecular complexity index is 1010. The molecule has 0 amide bonds. The van der Waals surface area contributed by atoms with Crippen LogP contribution in [0.2, 0.25) is 0 Å². The lowest BCUT2D eigenvalue weighted by atomic mass is 9.84. The van der Waals surface area contributed by atoms with Gasteiger partial charge < -0.3 is 15.0 Å². The van der Waals surface area contributed by atoms with E-state index in [1.165, 1.54) is 38.2 Å². The van der Waals surface area contributed by atoms with Crippen molar-refractivity contribution < 1.29 is 4.92 Å². The van der Waals surface area contributed by atoms with Crippen molar-refractivity contribution in [3.05, 3.63) is 58.9 Å². The number of benzene rings is 1. The minimum atomic E-state index is -0.493. The fourth-order valence-corrected chi connectivity index (χ4v) is 4.33. The molecular weight excluding hydrogens is 356 g/mol. The molecule has 5 heterocycles. The molecule has 8 nitrogen and oxygen atoms in total. The van der Waals surface area contributed by atoms with Crippen molar-refractivity contribution in [2.75, 3.05) is 19.6 Å². The fourth-order valence-electron chi connectivity index (χ4n) is 4.33. The fraction of sp³-hybridized carbons (Fsp3) is 0.350. The first-order valence-corrected chi connectivity index (χ1v) is 9.53. The third-order valence-electron chi connectivity index (χ3n) is 5.90. The molecule has 1 aromatic carbocycles. The van der Waals surface area contributed by atoms with Crippen molar-refractivity contribution in [3.8, 4) is 22.4 Å². The number of aromatic nitrogens is 4. The zero-order valence-electron chi connectivity index (χ0n) is 15.3. The van der Waals surface area contributed by atoms with Crippen LogP contribution in [0.25, 0.3) is 22.4 Å². The number of fused-ring (bicyclic) bond motifs is 3. The van der Waals surface area contributed by atoms with Gasteiger partial charge >= 0.3 is 5.82 Å². The van der Waals surface area contributed by atoms with Crippen LogP contribution in [0.3, 0.4) is 0 Å². The van der Waals surface area contributed by atoms with Crippen LogP contribution in [0.5, 0.6) is 0 Å². The molecule has 3 aromatic rings. The molecular formula is C20H20N6O2. The van der Waals surface area contributed by atoms with Crippen LogP contribution in [0, 0.1) is 16.0 Å². The Balaban J connectivity index is 1.41. The Labute approximate surface area is 162 Å². The van der Waals surface area contributed by atoms with Crippen LogP contribution in [-0.2, 0) is 0 Å². The van der Waals surface area contributed by atoms with E-state index in [9.17, 15) is 10.1 Å². The van der Waals surface area contributed by atoms with E-state index >= 15 is 0 Å². The summed E-state index contributed by atoms with van der Waals surface area (Å²) in [7, 11) is 0. The predicted molar refractivity (Wildman–Crippen MR) is 104 cm³/mol. The highest BCUT2D eigenvalue weighted by Crippen LogP contribution is 2.35. The van der Waals surface area contributed by atoms with Crippen molar-refractivity contribution in [1.29, 1.82) is 0 Å². The Morgan fingerprint density at radius 3 is 2.57 bits per heavy atom. The van der Waals surface area contributed by atoms with E-state index in [-0.39, 0.29) is 5.82 Å². The largest absolute Gasteiger partial charge is 0.363 e. The van der Waals surface area contributed by atoms with Crippen molar-refractivity contribution in [3.63, 3.8) is 0 Å². The van der Waals surface area contributed by atoms with Crippen molar-refractivity contribution in [2.45, 2.75) is 18.9 Å². The zero-order chi connectivity index (χ0) is 19.1. The van der Waals surface area contributed by atoms with E-state index in [0.717, 1.165) is 28.9 Å². The second-order valence-corrected chi connectivity index (χ2v) is 7.53. The number of hydrogen-bond donors (Lipinski definition) is 0. The molecule has 0 saturated carbocycles. The van der Waals surface area contributed by atoms with E-state index in [1.54, 1.807) is 6.07 Å². The molecule has 3 aliphatic rings. The summed E-state index contributed by atoms with van der Waals surface area (Å²) < 4.78 is 2.03. The van der Waals surface area contributed by atoms with Gasteiger partial charge in [-0.05, 0) is 59.5 Å². The molecule has 0 radical (unpaired) electrons. The Kier molecular flexibility index (Phi) is 4.12. The van der Waals surface area contributed by atoms with Crippen LogP contribution >= 0.6 is 0 Å². The third kappa shape index (κ3) is 3.05. The molecule has 2 aromatic heterocycles. The molecule has 3 aliphatic heterocycles. The lowest BCUT2D eigenvalue weighted by molar-refractivity contribution is -0.389. The van der Waals surface area contributed by atoms with E-state index in [2.05, 4.69) is 20.2 Å². The standard InChI is InChI=1S/C20H20N6O2/c27-26(28)20-5-4-17(11-21-20)15-2-1-3-16(10-15)18-12-25(23-22-18)19-13-24-8-6-14(19)7-9-24/h1-5,10-12,14,19H,6-9,13H2. The van der Waals surface area contributed by atoms with E-state index < -0.39 is 4.92 Å². The van der Waals surface area contributed by atoms with Gasteiger partial charge in [0, 0.05) is 23.7 Å². The number of piperidine rings is 3. The van der Waals surface area contributed by atoms with Gasteiger partial charge in [-0.15, -0.1) is 5.10 Å². The van der Waals surface area contributed by atoms with E-state index in [0.29, 0.717) is 12.0 Å². The van der Waals surface area contributed by atoms with Gasteiger partial charge in [-0.2, -0.15) is 0 Å². The molecule has 0 N–H and O–H groups in total. The van der Waals surface area contributed by atoms with Crippen molar-refractivity contribution in [2.24, 2.45) is 5.92 Å². The summed E-state index contributed by atoms with van der Waals surface area (Å²) in [5.74, 6) is 0.539. The highest BCUT2D eigenvalue weighted by Gasteiger charge is 2.35. The van der Waals surface area contributed by atoms with Gasteiger partial charge in [-0.1, -0.05) is 23.4 Å². The lowest BCUT2D eigenvalue weighted by Crippen LogP contribution is -2.48. The number of pyridine rings is 1. The monoisotopic (exact) mass is 376 g/mol. The molecule has 8 heteroatoms. The molecule has 3 fully saturated rings. The number of nitrogens with zero attached hydrogens (tertiary/aromatic N) is 6. The Hall–Kier alpha value is -3.13. The number of nitro groups is 1. The SMILES string of the molecule is O=[N+]([O-])c1ccc(-c2cccc(-c3cn(C4CN5CCC4CC5)nn3)c2)cn1. The molecule has 142 valence electrons. The normalized spacial score (nSPS) is 23.6. The minimum Gasteiger partial charge on any atom is -0.358 e. The molecule has 0 aliphatic carbocycles. The first kappa shape index (κ1) is 17.0. The minimum absolute atomic E-state index is 0.152. The van der Waals surface area contributed by atoms with Crippen LogP contribution in [0.15, 0.2) is 48.8 Å². The maximum Gasteiger partial charge on any atom is 0.363 e. The number of rotatable bonds is 4. The van der Waals surface area contributed by atoms with Crippen LogP contribution in [0.4, 0.5) is 5.82 Å². The van der Waals surface area contributed by atoms with Gasteiger partial charge in [-0.25, -0.2) is 4.68 Å². The van der Waals surface area contributed by atoms with Gasteiger partial charge in [-0.3, -0.25) is 0 Å². The van der Waals surface area contributed by atoms with Gasteiger partial charge in [0.15, 0.2) is 0 Å². The zero-order valence-corrected chi connectivity index (χ0v) is 15.3. The summed E-state index contributed by atoms with van der Waals surface area (Å²) in [6, 6.07) is 11.5. The third-order valence-corrected chi connectivity index (χ3v) is 5.90. The summed E-state index contributed by atoms with van der Waals surface area (Å²) in [5.41, 5.74) is 3.59. The molecule has 1 atom stereocenters. The predicted octanol–water partition coefficient (Wildman–Crippen LogP) is 3.18. The highest BCUT2D eigenvalue weighted by molar-refractivity contribution is 5.70. The quantitative estimate of drug-likeness (QED) is 0.513. The van der Waals surface area contributed by atoms with Gasteiger partial charge in [0.2, 0.25) is 0 Å². The van der Waals surface area contributed by atoms with Gasteiger partial charge in [0.1, 0.15) is 11.9 Å². The van der Waals surface area contributed by atoms with Crippen molar-refractivity contribution >= 4 is 5.82 Å². The summed E-state index contributed by atoms with van der Waals surface area (Å²) >= 11 is 0. The second-order valence-electron chi connectivity index (χ2n) is 7.53. The Morgan fingerprint density at radius 1 is 1.07 bits per heavy atom. The second kappa shape index (κ2) is 6.79. The first-order valence-electron chi connectivity index (χ1n) is 9.53. The average Bonchev–Trinajstić information content (AvgIpc) is 3.25. The maximum absolute atomic E-state index is 10.8. The van der Waals surface area contributed by atoms with E-state index in [1.807, 2.05) is 35.1 Å². The van der Waals surface area contributed by atoms with Crippen LogP contribution in [-0.4, -0.2) is 49.4 Å². The number of hydrogen-bond acceptors (Lipinski definition) is 6. The molecule has 2 bridgehead atoms.